The maximum atomic E-state index is 4.67. The molecule has 0 aliphatic carbocycles. The third-order valence-electron chi connectivity index (χ3n) is 4.23. The molecule has 2 aromatic heterocycles. The number of aromatic nitrogens is 4. The first-order valence-electron chi connectivity index (χ1n) is 10.1. The van der Waals surface area contributed by atoms with Crippen LogP contribution in [0.1, 0.15) is 79.8 Å². The molecule has 0 spiro atoms. The predicted octanol–water partition coefficient (Wildman–Crippen LogP) is 6.86. The Morgan fingerprint density at radius 1 is 0.862 bits per heavy atom. The maximum absolute atomic E-state index is 4.67. The topological polar surface area (TPSA) is 35.6 Å². The molecule has 0 radical (unpaired) electrons. The van der Waals surface area contributed by atoms with Crippen LogP contribution in [0, 0.1) is 6.92 Å². The Bertz CT molecular complexity index is 828. The lowest BCUT2D eigenvalue weighted by molar-refractivity contribution is 0.560. The van der Waals surface area contributed by atoms with Crippen LogP contribution in [-0.2, 0) is 17.9 Å². The van der Waals surface area contributed by atoms with E-state index in [1.165, 1.54) is 11.3 Å². The van der Waals surface area contributed by atoms with Crippen LogP contribution in [-0.4, -0.2) is 19.6 Å². The van der Waals surface area contributed by atoms with Crippen molar-refractivity contribution >= 4 is 0 Å². The second-order valence-electron chi connectivity index (χ2n) is 8.82. The number of para-hydroxylation sites is 1. The van der Waals surface area contributed by atoms with Crippen LogP contribution in [0.2, 0.25) is 0 Å². The lowest BCUT2D eigenvalue weighted by Gasteiger charge is -2.14. The fourth-order valence-corrected chi connectivity index (χ4v) is 2.48. The molecule has 0 unspecified atom stereocenters. The number of nitrogens with zero attached hydrogens (tertiary/aromatic N) is 4. The van der Waals surface area contributed by atoms with Crippen LogP contribution < -0.4 is 0 Å². The van der Waals surface area contributed by atoms with Gasteiger partial charge in [-0.25, -0.2) is 4.68 Å². The van der Waals surface area contributed by atoms with E-state index in [-0.39, 0.29) is 18.3 Å². The highest BCUT2D eigenvalue weighted by molar-refractivity contribution is 5.33. The van der Waals surface area contributed by atoms with Crippen LogP contribution in [0.4, 0.5) is 0 Å². The van der Waals surface area contributed by atoms with Gasteiger partial charge in [-0.15, -0.1) is 0 Å². The molecule has 0 saturated heterocycles. The fourth-order valence-electron chi connectivity index (χ4n) is 2.48. The smallest absolute Gasteiger partial charge is 0.0685 e. The molecule has 0 bridgehead atoms. The first-order valence-corrected chi connectivity index (χ1v) is 10.1. The maximum Gasteiger partial charge on any atom is 0.0685 e. The minimum atomic E-state index is 0. The summed E-state index contributed by atoms with van der Waals surface area (Å²) < 4.78 is 3.83. The second kappa shape index (κ2) is 11.0. The highest BCUT2D eigenvalue weighted by Gasteiger charge is 2.18. The van der Waals surface area contributed by atoms with Crippen molar-refractivity contribution in [2.45, 2.75) is 80.6 Å². The Morgan fingerprint density at radius 2 is 1.41 bits per heavy atom. The molecule has 0 N–H and O–H groups in total. The van der Waals surface area contributed by atoms with Crippen LogP contribution in [0.15, 0.2) is 48.8 Å². The first kappa shape index (κ1) is 26.6. The Hall–Kier alpha value is -2.36. The van der Waals surface area contributed by atoms with Gasteiger partial charge in [0.1, 0.15) is 0 Å². The first-order chi connectivity index (χ1) is 13.0. The van der Waals surface area contributed by atoms with Crippen LogP contribution >= 0.6 is 0 Å². The van der Waals surface area contributed by atoms with Crippen molar-refractivity contribution in [3.63, 3.8) is 0 Å². The summed E-state index contributed by atoms with van der Waals surface area (Å²) in [6.07, 6.45) is 3.97. The number of rotatable bonds is 1. The Labute approximate surface area is 179 Å². The molecule has 4 nitrogen and oxygen atoms in total. The van der Waals surface area contributed by atoms with Gasteiger partial charge >= 0.3 is 0 Å². The molecular formula is C25H42N4. The fraction of sp³-hybridized carbons (Fsp3) is 0.520. The zero-order valence-electron chi connectivity index (χ0n) is 19.4. The average Bonchev–Trinajstić information content (AvgIpc) is 3.23. The van der Waals surface area contributed by atoms with Crippen molar-refractivity contribution in [1.82, 2.24) is 19.6 Å². The summed E-state index contributed by atoms with van der Waals surface area (Å²) in [7, 11) is 1.94. The van der Waals surface area contributed by atoms with Crippen molar-refractivity contribution in [3.05, 3.63) is 65.7 Å². The summed E-state index contributed by atoms with van der Waals surface area (Å²) in [6.45, 7) is 19.2. The number of hydrogen-bond acceptors (Lipinski definition) is 2. The van der Waals surface area contributed by atoms with E-state index < -0.39 is 0 Å². The van der Waals surface area contributed by atoms with E-state index in [1.54, 1.807) is 0 Å². The van der Waals surface area contributed by atoms with Gasteiger partial charge in [-0.2, -0.15) is 10.2 Å². The van der Waals surface area contributed by atoms with E-state index in [0.29, 0.717) is 0 Å². The minimum Gasteiger partial charge on any atom is -0.276 e. The highest BCUT2D eigenvalue weighted by Crippen LogP contribution is 2.23. The van der Waals surface area contributed by atoms with Gasteiger partial charge in [0, 0.05) is 24.4 Å². The van der Waals surface area contributed by atoms with Gasteiger partial charge < -0.3 is 0 Å². The molecule has 1 aromatic carbocycles. The van der Waals surface area contributed by atoms with Gasteiger partial charge in [0.25, 0.3) is 0 Å². The summed E-state index contributed by atoms with van der Waals surface area (Å²) in [5.41, 5.74) is 5.05. The number of aryl methyl sites for hydroxylation is 2. The van der Waals surface area contributed by atoms with Crippen molar-refractivity contribution < 1.29 is 0 Å². The van der Waals surface area contributed by atoms with Crippen molar-refractivity contribution in [2.75, 3.05) is 0 Å². The molecule has 0 aliphatic heterocycles. The van der Waals surface area contributed by atoms with Crippen LogP contribution in [0.3, 0.4) is 0 Å². The van der Waals surface area contributed by atoms with Crippen LogP contribution in [0.5, 0.6) is 0 Å². The van der Waals surface area contributed by atoms with Gasteiger partial charge in [0.15, 0.2) is 0 Å². The highest BCUT2D eigenvalue weighted by atomic mass is 15.3. The van der Waals surface area contributed by atoms with Crippen LogP contribution in [0.25, 0.3) is 5.69 Å². The van der Waals surface area contributed by atoms with E-state index >= 15 is 0 Å². The summed E-state index contributed by atoms with van der Waals surface area (Å²) in [6, 6.07) is 12.4. The van der Waals surface area contributed by atoms with Gasteiger partial charge in [0.05, 0.1) is 17.6 Å². The number of benzene rings is 1. The third-order valence-corrected chi connectivity index (χ3v) is 4.23. The Kier molecular flexibility index (Phi) is 10.1. The lowest BCUT2D eigenvalue weighted by Crippen LogP contribution is -2.12. The molecule has 4 heteroatoms. The molecular weight excluding hydrogens is 356 g/mol. The normalized spacial score (nSPS) is 10.8. The molecule has 162 valence electrons. The molecule has 0 amide bonds. The molecule has 3 aromatic rings. The van der Waals surface area contributed by atoms with E-state index in [2.05, 4.69) is 83.1 Å². The Morgan fingerprint density at radius 3 is 1.76 bits per heavy atom. The van der Waals surface area contributed by atoms with E-state index in [1.807, 2.05) is 54.7 Å². The summed E-state index contributed by atoms with van der Waals surface area (Å²) in [4.78, 5) is 0. The van der Waals surface area contributed by atoms with E-state index in [9.17, 15) is 0 Å². The van der Waals surface area contributed by atoms with Crippen molar-refractivity contribution in [3.8, 4) is 5.69 Å². The largest absolute Gasteiger partial charge is 0.276 e. The van der Waals surface area contributed by atoms with Gasteiger partial charge in [-0.05, 0) is 36.1 Å². The van der Waals surface area contributed by atoms with E-state index in [4.69, 9.17) is 0 Å². The predicted molar refractivity (Wildman–Crippen MR) is 127 cm³/mol. The third kappa shape index (κ3) is 7.88. The molecule has 0 atom stereocenters. The number of hydrogen-bond donors (Lipinski definition) is 0. The monoisotopic (exact) mass is 398 g/mol. The van der Waals surface area contributed by atoms with Gasteiger partial charge in [-0.1, -0.05) is 81.0 Å². The molecule has 3 rings (SSSR count). The summed E-state index contributed by atoms with van der Waals surface area (Å²) in [5.74, 6) is 0. The van der Waals surface area contributed by atoms with Gasteiger partial charge in [0.2, 0.25) is 0 Å². The quantitative estimate of drug-likeness (QED) is 0.449. The average molecular weight is 399 g/mol. The van der Waals surface area contributed by atoms with Gasteiger partial charge in [-0.3, -0.25) is 4.68 Å². The molecule has 0 aliphatic rings. The minimum absolute atomic E-state index is 0. The van der Waals surface area contributed by atoms with E-state index in [0.717, 1.165) is 11.4 Å². The zero-order valence-corrected chi connectivity index (χ0v) is 19.4. The standard InChI is InChI=1S/C14H18N2.C8H14N2.C2H6.CH4/c1-11-10-13(14(2,3)4)15-16(11)12-8-6-5-7-9-12;1-8(2,3)7-5-9-10(4)6-7;1-2;/h5-10H,1-4H3;5-6H,1-4H3;1-2H3;1H4. The second-order valence-corrected chi connectivity index (χ2v) is 8.82. The zero-order chi connectivity index (χ0) is 21.5. The summed E-state index contributed by atoms with van der Waals surface area (Å²) in [5, 5.41) is 8.77. The molecule has 2 heterocycles. The SMILES string of the molecule is C.CC.Cc1cc(C(C)(C)C)nn1-c1ccccc1.Cn1cc(C(C)(C)C)cn1. The molecule has 29 heavy (non-hydrogen) atoms. The molecule has 0 fully saturated rings. The lowest BCUT2D eigenvalue weighted by atomic mass is 9.90. The summed E-state index contributed by atoms with van der Waals surface area (Å²) >= 11 is 0. The van der Waals surface area contributed by atoms with Crippen molar-refractivity contribution in [1.29, 1.82) is 0 Å². The Balaban J connectivity index is 0.000000524. The van der Waals surface area contributed by atoms with Crippen molar-refractivity contribution in [2.24, 2.45) is 7.05 Å². The molecule has 0 saturated carbocycles.